The van der Waals surface area contributed by atoms with Gasteiger partial charge in [-0.3, -0.25) is 0 Å². The Hall–Kier alpha value is 0.366. The third-order valence-electron chi connectivity index (χ3n) is 21.3. The molecule has 10 fully saturated rings. The SMILES string of the molecule is C1CCOC1.C1CCOC1.CC.CC.CC.CC.CC.CC(C)=C(OC(C)C)OC(CC1CCC2CCCCC21)CC1CCC2CCCCC21.CC(C)=C(OC(C)C)O[C@@H](CC1CCC2C(C)CCCC12)CC1CCC2C(C)CCC(C)C12.[Zr].[Zr]. The quantitative estimate of drug-likeness (QED) is 0.144. The molecule has 0 aromatic carbocycles. The van der Waals surface area contributed by atoms with E-state index in [-0.39, 0.29) is 64.6 Å². The normalized spacial score (nSPS) is 32.2. The minimum absolute atomic E-state index is 0. The van der Waals surface area contributed by atoms with Crippen LogP contribution in [0.25, 0.3) is 0 Å². The maximum absolute atomic E-state index is 6.85. The van der Waals surface area contributed by atoms with Gasteiger partial charge in [0.25, 0.3) is 11.9 Å². The summed E-state index contributed by atoms with van der Waals surface area (Å²) in [6.45, 7) is 48.7. The summed E-state index contributed by atoms with van der Waals surface area (Å²) in [4.78, 5) is 0. The van der Waals surface area contributed by atoms with Crippen LogP contribution in [-0.2, 0) is 80.8 Å². The molecule has 6 nitrogen and oxygen atoms in total. The van der Waals surface area contributed by atoms with Crippen LogP contribution in [0.4, 0.5) is 0 Å². The van der Waals surface area contributed by atoms with Crippen LogP contribution in [-0.4, -0.2) is 50.8 Å². The van der Waals surface area contributed by atoms with Crippen molar-refractivity contribution in [2.75, 3.05) is 26.4 Å². The fourth-order valence-corrected chi connectivity index (χ4v) is 17.7. The Morgan fingerprint density at radius 1 is 0.329 bits per heavy atom. The molecule has 0 spiro atoms. The Morgan fingerprint density at radius 2 is 0.671 bits per heavy atom. The Labute approximate surface area is 570 Å². The van der Waals surface area contributed by atoms with Gasteiger partial charge in [0.15, 0.2) is 0 Å². The smallest absolute Gasteiger partial charge is 0.278 e. The van der Waals surface area contributed by atoms with Crippen LogP contribution < -0.4 is 0 Å². The maximum atomic E-state index is 6.85. The number of fused-ring (bicyclic) bond motifs is 4. The fraction of sp³-hybridized carbons (Fsp3) is 0.948. The van der Waals surface area contributed by atoms with Gasteiger partial charge < -0.3 is 28.4 Å². The summed E-state index contributed by atoms with van der Waals surface area (Å²) >= 11 is 0. The molecule has 0 radical (unpaired) electrons. The van der Waals surface area contributed by atoms with Gasteiger partial charge in [-0.25, -0.2) is 0 Å². The number of ether oxygens (including phenoxy) is 6. The summed E-state index contributed by atoms with van der Waals surface area (Å²) < 4.78 is 35.8. The minimum atomic E-state index is 0. The molecule has 0 bridgehead atoms. The molecular formula is C77H148O6Zr2. The first-order valence-corrected chi connectivity index (χ1v) is 37.4. The Balaban J connectivity index is 0.00000124. The van der Waals surface area contributed by atoms with Gasteiger partial charge in [0.1, 0.15) is 12.2 Å². The predicted molar refractivity (Wildman–Crippen MR) is 361 cm³/mol. The van der Waals surface area contributed by atoms with Crippen molar-refractivity contribution in [2.45, 2.75) is 356 Å². The predicted octanol–water partition coefficient (Wildman–Crippen LogP) is 24.0. The van der Waals surface area contributed by atoms with Gasteiger partial charge >= 0.3 is 0 Å². The van der Waals surface area contributed by atoms with E-state index in [0.29, 0.717) is 12.2 Å². The summed E-state index contributed by atoms with van der Waals surface area (Å²) in [5.41, 5.74) is 2.38. The van der Waals surface area contributed by atoms with Crippen molar-refractivity contribution in [1.29, 1.82) is 0 Å². The van der Waals surface area contributed by atoms with E-state index in [0.717, 1.165) is 127 Å². The average molecular weight is 1350 g/mol. The molecule has 85 heavy (non-hydrogen) atoms. The third kappa shape index (κ3) is 29.5. The molecule has 0 aromatic rings. The molecule has 10 rings (SSSR count). The van der Waals surface area contributed by atoms with Crippen molar-refractivity contribution in [2.24, 2.45) is 88.8 Å². The van der Waals surface area contributed by atoms with Crippen molar-refractivity contribution in [3.63, 3.8) is 0 Å². The van der Waals surface area contributed by atoms with E-state index in [9.17, 15) is 0 Å². The molecule has 0 N–H and O–H groups in total. The first-order chi connectivity index (χ1) is 40.2. The average Bonchev–Trinajstić information content (AvgIpc) is 4.46. The summed E-state index contributed by atoms with van der Waals surface area (Å²) in [5.74, 6) is 15.7. The molecule has 15 unspecified atom stereocenters. The van der Waals surface area contributed by atoms with Crippen LogP contribution in [0, 0.1) is 88.8 Å². The summed E-state index contributed by atoms with van der Waals surface area (Å²) in [6, 6.07) is 0. The Bertz CT molecular complexity index is 1570. The van der Waals surface area contributed by atoms with Crippen molar-refractivity contribution < 1.29 is 80.8 Å². The van der Waals surface area contributed by atoms with E-state index < -0.39 is 0 Å². The second-order valence-electron chi connectivity index (χ2n) is 27.7. The largest absolute Gasteiger partial charge is 0.463 e. The summed E-state index contributed by atoms with van der Waals surface area (Å²) in [6.07, 6.45) is 41.9. The first-order valence-electron chi connectivity index (χ1n) is 37.4. The Kier molecular flexibility index (Phi) is 50.1. The monoisotopic (exact) mass is 1350 g/mol. The fourth-order valence-electron chi connectivity index (χ4n) is 17.7. The molecule has 2 heterocycles. The van der Waals surface area contributed by atoms with Crippen LogP contribution >= 0.6 is 0 Å². The molecule has 0 aromatic heterocycles. The van der Waals surface area contributed by atoms with Crippen molar-refractivity contribution >= 4 is 0 Å². The van der Waals surface area contributed by atoms with Gasteiger partial charge in [-0.15, -0.1) is 0 Å². The Morgan fingerprint density at radius 3 is 1.07 bits per heavy atom. The van der Waals surface area contributed by atoms with E-state index in [2.05, 4.69) is 76.2 Å². The van der Waals surface area contributed by atoms with Crippen LogP contribution in [0.15, 0.2) is 23.0 Å². The van der Waals surface area contributed by atoms with Gasteiger partial charge in [-0.2, -0.15) is 0 Å². The third-order valence-corrected chi connectivity index (χ3v) is 21.3. The molecule has 500 valence electrons. The van der Waals surface area contributed by atoms with E-state index in [1.54, 1.807) is 0 Å². The van der Waals surface area contributed by atoms with E-state index >= 15 is 0 Å². The molecule has 16 atom stereocenters. The number of rotatable bonds is 16. The van der Waals surface area contributed by atoms with Gasteiger partial charge in [0.2, 0.25) is 0 Å². The molecule has 0 amide bonds. The van der Waals surface area contributed by atoms with Crippen LogP contribution in [0.1, 0.15) is 332 Å². The molecular weight excluding hydrogens is 1200 g/mol. The molecule has 10 aliphatic rings. The van der Waals surface area contributed by atoms with Crippen LogP contribution in [0.2, 0.25) is 0 Å². The van der Waals surface area contributed by atoms with Crippen molar-refractivity contribution in [1.82, 2.24) is 0 Å². The summed E-state index contributed by atoms with van der Waals surface area (Å²) in [5, 5.41) is 0. The van der Waals surface area contributed by atoms with E-state index in [1.165, 1.54) is 197 Å². The minimum Gasteiger partial charge on any atom is -0.463 e. The zero-order valence-electron chi connectivity index (χ0n) is 60.8. The van der Waals surface area contributed by atoms with Crippen LogP contribution in [0.3, 0.4) is 0 Å². The maximum Gasteiger partial charge on any atom is 0.278 e. The van der Waals surface area contributed by atoms with Crippen molar-refractivity contribution in [3.05, 3.63) is 23.0 Å². The number of hydrogen-bond donors (Lipinski definition) is 0. The zero-order valence-corrected chi connectivity index (χ0v) is 65.7. The van der Waals surface area contributed by atoms with Crippen LogP contribution in [0.5, 0.6) is 0 Å². The molecule has 8 saturated carbocycles. The number of allylic oxidation sites excluding steroid dienone is 2. The standard InChI is InChI=1S/C31H54O2.C28H48O2.2C4H8O.5C2H6.2Zr/c1-19(2)31(32-20(3)4)33-26(17-24-13-15-27-21(5)9-8-10-29(24)27)18-25-14-16-28-22(6)11-12-23(7)30(25)28;1-19(2)28(29-20(3)4)30-25(17-23-15-13-21-9-5-7-11-26(21)23)18-24-16-14-22-10-6-8-12-27(22)24;2*1-2-4-5-3-1;5*1-2;;/h20-30H,8-18H2,1-7H3;20-27H,5-18H2,1-4H3;2*1-4H2;5*1-2H3;;/t21?,22?,23?,24?,25?,26-,27?,28?,29?,30?;;;;;;;;;;/m0........../s1. The van der Waals surface area contributed by atoms with E-state index in [1.807, 2.05) is 69.2 Å². The summed E-state index contributed by atoms with van der Waals surface area (Å²) in [7, 11) is 0. The zero-order chi connectivity index (χ0) is 61.9. The second kappa shape index (κ2) is 49.9. The number of hydrogen-bond acceptors (Lipinski definition) is 6. The second-order valence-corrected chi connectivity index (χ2v) is 27.7. The molecule has 8 aliphatic carbocycles. The van der Waals surface area contributed by atoms with E-state index in [4.69, 9.17) is 28.4 Å². The molecule has 2 aliphatic heterocycles. The topological polar surface area (TPSA) is 55.4 Å². The van der Waals surface area contributed by atoms with Gasteiger partial charge in [-0.05, 0) is 266 Å². The first kappa shape index (κ1) is 85.4. The molecule has 8 heteroatoms. The van der Waals surface area contributed by atoms with Gasteiger partial charge in [0.05, 0.1) is 12.2 Å². The van der Waals surface area contributed by atoms with Gasteiger partial charge in [0, 0.05) is 90.0 Å². The van der Waals surface area contributed by atoms with Crippen molar-refractivity contribution in [3.8, 4) is 0 Å². The molecule has 2 saturated heterocycles. The van der Waals surface area contributed by atoms with Gasteiger partial charge in [-0.1, -0.05) is 154 Å².